The van der Waals surface area contributed by atoms with E-state index in [0.717, 1.165) is 5.56 Å². The molecule has 1 aromatic carbocycles. The third-order valence-electron chi connectivity index (χ3n) is 2.71. The quantitative estimate of drug-likeness (QED) is 0.791. The van der Waals surface area contributed by atoms with Gasteiger partial charge in [0, 0.05) is 6.54 Å². The molecule has 0 bridgehead atoms. The Bertz CT molecular complexity index is 398. The Morgan fingerprint density at radius 2 is 1.89 bits per heavy atom. The van der Waals surface area contributed by atoms with E-state index in [-0.39, 0.29) is 6.54 Å². The average Bonchev–Trinajstić information content (AvgIpc) is 2.34. The Hall–Kier alpha value is -1.39. The fraction of sp³-hybridized carbons (Fsp3) is 0.533. The maximum absolute atomic E-state index is 12.1. The molecule has 2 atom stereocenters. The van der Waals surface area contributed by atoms with Gasteiger partial charge in [-0.2, -0.15) is 0 Å². The van der Waals surface area contributed by atoms with E-state index < -0.39 is 23.6 Å². The van der Waals surface area contributed by atoms with Crippen molar-refractivity contribution in [2.75, 3.05) is 6.54 Å². The summed E-state index contributed by atoms with van der Waals surface area (Å²) >= 11 is 0. The van der Waals surface area contributed by atoms with E-state index in [1.165, 1.54) is 0 Å². The highest BCUT2D eigenvalue weighted by Crippen LogP contribution is 2.18. The van der Waals surface area contributed by atoms with Crippen LogP contribution in [0, 0.1) is 5.92 Å². The maximum Gasteiger partial charge on any atom is 0.312 e. The minimum atomic E-state index is -0.893. The van der Waals surface area contributed by atoms with Crippen LogP contribution in [0.5, 0.6) is 0 Å². The van der Waals surface area contributed by atoms with Gasteiger partial charge in [0.2, 0.25) is 0 Å². The molecule has 4 heteroatoms. The largest absolute Gasteiger partial charge is 0.460 e. The molecule has 0 spiro atoms. The molecule has 0 radical (unpaired) electrons. The van der Waals surface area contributed by atoms with Gasteiger partial charge in [-0.05, 0) is 32.8 Å². The number of hydrogen-bond donors (Lipinski definition) is 2. The summed E-state index contributed by atoms with van der Waals surface area (Å²) < 4.78 is 5.34. The fourth-order valence-corrected chi connectivity index (χ4v) is 1.79. The normalized spacial score (nSPS) is 14.8. The van der Waals surface area contributed by atoms with Crippen molar-refractivity contribution in [2.24, 2.45) is 11.7 Å². The first-order valence-corrected chi connectivity index (χ1v) is 6.48. The second-order valence-electron chi connectivity index (χ2n) is 5.63. The first-order valence-electron chi connectivity index (χ1n) is 6.48. The van der Waals surface area contributed by atoms with Crippen molar-refractivity contribution in [2.45, 2.75) is 38.9 Å². The summed E-state index contributed by atoms with van der Waals surface area (Å²) in [6, 6.07) is 9.54. The molecule has 0 heterocycles. The van der Waals surface area contributed by atoms with E-state index in [1.54, 1.807) is 20.8 Å². The SMILES string of the molecule is CC(C)(C)OC(=O)C(Cc1ccccc1)C(O)CN. The zero-order valence-corrected chi connectivity index (χ0v) is 11.8. The van der Waals surface area contributed by atoms with Crippen molar-refractivity contribution in [3.63, 3.8) is 0 Å². The van der Waals surface area contributed by atoms with Crippen molar-refractivity contribution in [3.05, 3.63) is 35.9 Å². The van der Waals surface area contributed by atoms with Gasteiger partial charge in [0.1, 0.15) is 5.60 Å². The van der Waals surface area contributed by atoms with Crippen molar-refractivity contribution in [3.8, 4) is 0 Å². The number of carbonyl (C=O) groups excluding carboxylic acids is 1. The van der Waals surface area contributed by atoms with Gasteiger partial charge < -0.3 is 15.6 Å². The zero-order valence-electron chi connectivity index (χ0n) is 11.8. The molecular formula is C15H23NO3. The lowest BCUT2D eigenvalue weighted by Crippen LogP contribution is -2.39. The number of nitrogens with two attached hydrogens (primary N) is 1. The van der Waals surface area contributed by atoms with Gasteiger partial charge in [-0.1, -0.05) is 30.3 Å². The Balaban J connectivity index is 2.81. The van der Waals surface area contributed by atoms with Crippen molar-refractivity contribution < 1.29 is 14.6 Å². The van der Waals surface area contributed by atoms with Crippen molar-refractivity contribution >= 4 is 5.97 Å². The van der Waals surface area contributed by atoms with Crippen LogP contribution in [0.1, 0.15) is 26.3 Å². The Labute approximate surface area is 114 Å². The molecule has 0 aliphatic rings. The molecule has 106 valence electrons. The third-order valence-corrected chi connectivity index (χ3v) is 2.71. The Morgan fingerprint density at radius 1 is 1.32 bits per heavy atom. The molecule has 1 rings (SSSR count). The number of hydrogen-bond acceptors (Lipinski definition) is 4. The predicted octanol–water partition coefficient (Wildman–Crippen LogP) is 1.51. The predicted molar refractivity (Wildman–Crippen MR) is 74.5 cm³/mol. The van der Waals surface area contributed by atoms with Gasteiger partial charge in [0.25, 0.3) is 0 Å². The lowest BCUT2D eigenvalue weighted by molar-refractivity contribution is -0.163. The van der Waals surface area contributed by atoms with Crippen molar-refractivity contribution in [1.29, 1.82) is 0 Å². The number of rotatable bonds is 5. The molecule has 0 saturated heterocycles. The van der Waals surface area contributed by atoms with Crippen molar-refractivity contribution in [1.82, 2.24) is 0 Å². The van der Waals surface area contributed by atoms with Crippen LogP contribution in [0.3, 0.4) is 0 Å². The molecule has 0 saturated carbocycles. The molecule has 1 aromatic rings. The monoisotopic (exact) mass is 265 g/mol. The number of aliphatic hydroxyl groups is 1. The highest BCUT2D eigenvalue weighted by Gasteiger charge is 2.30. The first-order chi connectivity index (χ1) is 8.83. The summed E-state index contributed by atoms with van der Waals surface area (Å²) in [4.78, 5) is 12.1. The van der Waals surface area contributed by atoms with E-state index in [1.807, 2.05) is 30.3 Å². The number of ether oxygens (including phenoxy) is 1. The summed E-state index contributed by atoms with van der Waals surface area (Å²) in [6.45, 7) is 5.45. The molecular weight excluding hydrogens is 242 g/mol. The van der Waals surface area contributed by atoms with Crippen LogP contribution in [-0.2, 0) is 16.0 Å². The van der Waals surface area contributed by atoms with E-state index >= 15 is 0 Å². The van der Waals surface area contributed by atoms with Crippen LogP contribution in [-0.4, -0.2) is 29.3 Å². The average molecular weight is 265 g/mol. The summed E-state index contributed by atoms with van der Waals surface area (Å²) in [6.07, 6.45) is -0.469. The lowest BCUT2D eigenvalue weighted by atomic mass is 9.93. The van der Waals surface area contributed by atoms with Crippen LogP contribution in [0.2, 0.25) is 0 Å². The molecule has 0 fully saturated rings. The molecule has 0 aromatic heterocycles. The third kappa shape index (κ3) is 5.41. The van der Waals surface area contributed by atoms with Crippen LogP contribution in [0.4, 0.5) is 0 Å². The minimum absolute atomic E-state index is 0.0384. The second-order valence-corrected chi connectivity index (χ2v) is 5.63. The Kier molecular flexibility index (Phi) is 5.51. The molecule has 3 N–H and O–H groups in total. The van der Waals surface area contributed by atoms with Gasteiger partial charge in [0.05, 0.1) is 12.0 Å². The molecule has 4 nitrogen and oxygen atoms in total. The number of carbonyl (C=O) groups is 1. The molecule has 2 unspecified atom stereocenters. The fourth-order valence-electron chi connectivity index (χ4n) is 1.79. The number of aliphatic hydroxyl groups excluding tert-OH is 1. The van der Waals surface area contributed by atoms with Crippen LogP contribution in [0.15, 0.2) is 30.3 Å². The van der Waals surface area contributed by atoms with E-state index in [9.17, 15) is 9.90 Å². The molecule has 0 aliphatic carbocycles. The smallest absolute Gasteiger partial charge is 0.312 e. The van der Waals surface area contributed by atoms with E-state index in [2.05, 4.69) is 0 Å². The van der Waals surface area contributed by atoms with Gasteiger partial charge in [-0.25, -0.2) is 0 Å². The van der Waals surface area contributed by atoms with Gasteiger partial charge in [0.15, 0.2) is 0 Å². The second kappa shape index (κ2) is 6.68. The maximum atomic E-state index is 12.1. The summed E-state index contributed by atoms with van der Waals surface area (Å²) in [5, 5.41) is 9.92. The topological polar surface area (TPSA) is 72.5 Å². The molecule has 19 heavy (non-hydrogen) atoms. The summed E-state index contributed by atoms with van der Waals surface area (Å²) in [5.74, 6) is -1.04. The Morgan fingerprint density at radius 3 is 2.37 bits per heavy atom. The molecule has 0 amide bonds. The van der Waals surface area contributed by atoms with Gasteiger partial charge >= 0.3 is 5.97 Å². The van der Waals surface area contributed by atoms with Crippen LogP contribution >= 0.6 is 0 Å². The highest BCUT2D eigenvalue weighted by atomic mass is 16.6. The summed E-state index contributed by atoms with van der Waals surface area (Å²) in [5.41, 5.74) is 5.88. The van der Waals surface area contributed by atoms with E-state index in [0.29, 0.717) is 6.42 Å². The summed E-state index contributed by atoms with van der Waals surface area (Å²) in [7, 11) is 0. The van der Waals surface area contributed by atoms with Gasteiger partial charge in [-0.15, -0.1) is 0 Å². The number of benzene rings is 1. The van der Waals surface area contributed by atoms with Crippen LogP contribution < -0.4 is 5.73 Å². The standard InChI is InChI=1S/C15H23NO3/c1-15(2,3)19-14(18)12(13(17)10-16)9-11-7-5-4-6-8-11/h4-8,12-13,17H,9-10,16H2,1-3H3. The van der Waals surface area contributed by atoms with E-state index in [4.69, 9.17) is 10.5 Å². The lowest BCUT2D eigenvalue weighted by Gasteiger charge is -2.26. The highest BCUT2D eigenvalue weighted by molar-refractivity contribution is 5.74. The molecule has 0 aliphatic heterocycles. The van der Waals surface area contributed by atoms with Gasteiger partial charge in [-0.3, -0.25) is 4.79 Å². The zero-order chi connectivity index (χ0) is 14.5. The first kappa shape index (κ1) is 15.7. The minimum Gasteiger partial charge on any atom is -0.460 e. The van der Waals surface area contributed by atoms with Crippen LogP contribution in [0.25, 0.3) is 0 Å². The number of esters is 1.